The molecule has 1 aromatic carbocycles. The van der Waals surface area contributed by atoms with Gasteiger partial charge in [0.05, 0.1) is 5.69 Å². The number of benzene rings is 1. The Morgan fingerprint density at radius 3 is 2.61 bits per heavy atom. The number of nitrogens with zero attached hydrogens (tertiary/aromatic N) is 3. The molecule has 0 saturated heterocycles. The number of fused-ring (bicyclic) bond motifs is 2. The maximum absolute atomic E-state index is 4.73. The lowest BCUT2D eigenvalue weighted by Gasteiger charge is -2.17. The number of aromatic nitrogens is 2. The summed E-state index contributed by atoms with van der Waals surface area (Å²) in [7, 11) is 0. The van der Waals surface area contributed by atoms with Gasteiger partial charge in [0.25, 0.3) is 0 Å². The fourth-order valence-corrected chi connectivity index (χ4v) is 4.25. The largest absolute Gasteiger partial charge is 0.316 e. The predicted octanol–water partition coefficient (Wildman–Crippen LogP) is 4.16. The van der Waals surface area contributed by atoms with Crippen LogP contribution in [0.1, 0.15) is 41.1 Å². The summed E-state index contributed by atoms with van der Waals surface area (Å²) in [4.78, 5) is 13.8. The minimum absolute atomic E-state index is 0.640. The topological polar surface area (TPSA) is 62.2 Å². The first kappa shape index (κ1) is 23.3. The van der Waals surface area contributed by atoms with Gasteiger partial charge in [0.2, 0.25) is 0 Å². The zero-order valence-corrected chi connectivity index (χ0v) is 19.4. The van der Waals surface area contributed by atoms with Crippen molar-refractivity contribution in [3.8, 4) is 0 Å². The van der Waals surface area contributed by atoms with E-state index in [0.717, 1.165) is 75.5 Å². The Hall–Kier alpha value is -2.89. The van der Waals surface area contributed by atoms with Crippen LogP contribution in [-0.4, -0.2) is 35.8 Å². The van der Waals surface area contributed by atoms with Gasteiger partial charge in [-0.3, -0.25) is 15.0 Å². The van der Waals surface area contributed by atoms with Gasteiger partial charge in [0, 0.05) is 62.8 Å². The summed E-state index contributed by atoms with van der Waals surface area (Å²) in [5.41, 5.74) is 6.07. The lowest BCUT2D eigenvalue weighted by molar-refractivity contribution is 0.438. The quantitative estimate of drug-likeness (QED) is 0.603. The zero-order valence-electron chi connectivity index (χ0n) is 19.4. The Balaban J connectivity index is 1.27. The van der Waals surface area contributed by atoms with Gasteiger partial charge in [0.1, 0.15) is 0 Å². The van der Waals surface area contributed by atoms with E-state index in [1.807, 2.05) is 24.5 Å². The highest BCUT2D eigenvalue weighted by molar-refractivity contribution is 5.60. The van der Waals surface area contributed by atoms with Crippen molar-refractivity contribution in [2.45, 2.75) is 45.2 Å². The first-order valence-corrected chi connectivity index (χ1v) is 12.2. The number of rotatable bonds is 6. The Morgan fingerprint density at radius 2 is 1.73 bits per heavy atom. The van der Waals surface area contributed by atoms with Crippen molar-refractivity contribution in [2.24, 2.45) is 10.9 Å². The van der Waals surface area contributed by atoms with Crippen molar-refractivity contribution in [1.29, 1.82) is 0 Å². The van der Waals surface area contributed by atoms with Crippen LogP contribution in [0.5, 0.6) is 0 Å². The second kappa shape index (κ2) is 13.0. The van der Waals surface area contributed by atoms with Crippen LogP contribution in [0.3, 0.4) is 0 Å². The molecular weight excluding hydrogens is 406 g/mol. The average molecular weight is 442 g/mol. The summed E-state index contributed by atoms with van der Waals surface area (Å²) in [6, 6.07) is 21.4. The van der Waals surface area contributed by atoms with Crippen LogP contribution in [0.15, 0.2) is 71.9 Å². The number of aliphatic imine (C=N–C) groups is 1. The van der Waals surface area contributed by atoms with E-state index >= 15 is 0 Å². The van der Waals surface area contributed by atoms with Crippen molar-refractivity contribution >= 4 is 6.21 Å². The third kappa shape index (κ3) is 8.19. The van der Waals surface area contributed by atoms with Crippen LogP contribution in [0.25, 0.3) is 0 Å². The van der Waals surface area contributed by atoms with Crippen molar-refractivity contribution in [3.63, 3.8) is 0 Å². The molecule has 2 bridgehead atoms. The molecule has 5 heteroatoms. The molecule has 1 unspecified atom stereocenters. The molecule has 1 atom stereocenters. The molecule has 0 aliphatic carbocycles. The van der Waals surface area contributed by atoms with Gasteiger partial charge in [-0.1, -0.05) is 36.4 Å². The molecule has 2 aromatic heterocycles. The molecule has 0 fully saturated rings. The van der Waals surface area contributed by atoms with E-state index in [1.54, 1.807) is 0 Å². The molecule has 1 aliphatic heterocycles. The summed E-state index contributed by atoms with van der Waals surface area (Å²) < 4.78 is 0. The molecule has 33 heavy (non-hydrogen) atoms. The second-order valence-corrected chi connectivity index (χ2v) is 8.80. The SMILES string of the molecule is C1=N/CCC(Cc2ccc(CNCc3ccccn3)cc2)CCNCCc2cccc(n2)C/1. The molecule has 2 N–H and O–H groups in total. The monoisotopic (exact) mass is 441 g/mol. The van der Waals surface area contributed by atoms with E-state index in [4.69, 9.17) is 4.98 Å². The maximum Gasteiger partial charge on any atom is 0.0541 e. The fourth-order valence-electron chi connectivity index (χ4n) is 4.25. The summed E-state index contributed by atoms with van der Waals surface area (Å²) in [6.45, 7) is 4.57. The number of hydrogen-bond acceptors (Lipinski definition) is 5. The summed E-state index contributed by atoms with van der Waals surface area (Å²) >= 11 is 0. The summed E-state index contributed by atoms with van der Waals surface area (Å²) in [5.74, 6) is 0.640. The molecule has 0 amide bonds. The van der Waals surface area contributed by atoms with Gasteiger partial charge in [-0.05, 0) is 67.1 Å². The number of pyridine rings is 2. The molecule has 172 valence electrons. The van der Waals surface area contributed by atoms with Crippen molar-refractivity contribution in [1.82, 2.24) is 20.6 Å². The van der Waals surface area contributed by atoms with E-state index in [-0.39, 0.29) is 0 Å². The standard InChI is InChI=1S/C28H35N5/c1-2-15-32-28(4-1)22-31-21-25-9-7-23(8-10-25)20-24-11-16-29-18-13-26-5-3-6-27(33-26)14-19-30-17-12-24/h1-10,15,18,24,30-31H,11-14,16-17,19-22H2/b29-18+. The second-order valence-electron chi connectivity index (χ2n) is 8.80. The molecular formula is C28H35N5. The minimum Gasteiger partial charge on any atom is -0.316 e. The molecule has 4 rings (SSSR count). The molecule has 3 heterocycles. The maximum atomic E-state index is 4.73. The molecule has 1 aliphatic rings. The van der Waals surface area contributed by atoms with Crippen molar-refractivity contribution in [2.75, 3.05) is 19.6 Å². The van der Waals surface area contributed by atoms with E-state index in [2.05, 4.69) is 69.1 Å². The molecule has 5 nitrogen and oxygen atoms in total. The Kier molecular flexibility index (Phi) is 9.15. The molecule has 3 aromatic rings. The first-order chi connectivity index (χ1) is 16.3. The van der Waals surface area contributed by atoms with E-state index in [1.165, 1.54) is 17.5 Å². The van der Waals surface area contributed by atoms with Gasteiger partial charge in [-0.15, -0.1) is 0 Å². The van der Waals surface area contributed by atoms with Crippen LogP contribution in [0.2, 0.25) is 0 Å². The van der Waals surface area contributed by atoms with Gasteiger partial charge in [-0.25, -0.2) is 0 Å². The smallest absolute Gasteiger partial charge is 0.0541 e. The van der Waals surface area contributed by atoms with E-state index in [9.17, 15) is 0 Å². The van der Waals surface area contributed by atoms with Gasteiger partial charge >= 0.3 is 0 Å². The Morgan fingerprint density at radius 1 is 0.848 bits per heavy atom. The Labute approximate surface area is 197 Å². The van der Waals surface area contributed by atoms with Crippen molar-refractivity contribution < 1.29 is 0 Å². The number of hydrogen-bond donors (Lipinski definition) is 2. The van der Waals surface area contributed by atoms with Gasteiger partial charge in [-0.2, -0.15) is 0 Å². The van der Waals surface area contributed by atoms with Gasteiger partial charge in [0.15, 0.2) is 0 Å². The zero-order chi connectivity index (χ0) is 22.6. The van der Waals surface area contributed by atoms with Crippen LogP contribution in [-0.2, 0) is 32.4 Å². The fraction of sp³-hybridized carbons (Fsp3) is 0.393. The highest BCUT2D eigenvalue weighted by Crippen LogP contribution is 2.17. The van der Waals surface area contributed by atoms with Crippen LogP contribution in [0, 0.1) is 5.92 Å². The van der Waals surface area contributed by atoms with Crippen LogP contribution >= 0.6 is 0 Å². The third-order valence-electron chi connectivity index (χ3n) is 6.16. The highest BCUT2D eigenvalue weighted by atomic mass is 14.9. The number of nitrogens with one attached hydrogen (secondary N) is 2. The lowest BCUT2D eigenvalue weighted by Crippen LogP contribution is -2.22. The molecule has 0 spiro atoms. The highest BCUT2D eigenvalue weighted by Gasteiger charge is 2.10. The minimum atomic E-state index is 0.640. The lowest BCUT2D eigenvalue weighted by atomic mass is 9.92. The van der Waals surface area contributed by atoms with E-state index < -0.39 is 0 Å². The normalized spacial score (nSPS) is 18.4. The average Bonchev–Trinajstić information content (AvgIpc) is 2.85. The van der Waals surface area contributed by atoms with Gasteiger partial charge < -0.3 is 10.6 Å². The molecule has 0 radical (unpaired) electrons. The first-order valence-electron chi connectivity index (χ1n) is 12.2. The molecule has 0 saturated carbocycles. The van der Waals surface area contributed by atoms with E-state index in [0.29, 0.717) is 5.92 Å². The summed E-state index contributed by atoms with van der Waals surface area (Å²) in [5, 5.41) is 7.10. The van der Waals surface area contributed by atoms with Crippen LogP contribution < -0.4 is 10.6 Å². The predicted molar refractivity (Wildman–Crippen MR) is 136 cm³/mol. The summed E-state index contributed by atoms with van der Waals surface area (Å²) in [6.07, 6.45) is 9.09. The Bertz CT molecular complexity index is 985. The van der Waals surface area contributed by atoms with Crippen LogP contribution in [0.4, 0.5) is 0 Å². The van der Waals surface area contributed by atoms with Crippen molar-refractivity contribution in [3.05, 3.63) is 95.1 Å². The third-order valence-corrected chi connectivity index (χ3v) is 6.16.